The van der Waals surface area contributed by atoms with Gasteiger partial charge in [0.2, 0.25) is 5.91 Å². The predicted molar refractivity (Wildman–Crippen MR) is 130 cm³/mol. The van der Waals surface area contributed by atoms with Gasteiger partial charge in [0, 0.05) is 13.0 Å². The Kier molecular flexibility index (Phi) is 7.69. The van der Waals surface area contributed by atoms with Gasteiger partial charge in [-0.1, -0.05) is 20.8 Å². The maximum absolute atomic E-state index is 12.2. The van der Waals surface area contributed by atoms with Crippen LogP contribution in [0.15, 0.2) is 0 Å². The largest absolute Gasteiger partial charge is 0.748 e. The molecule has 4 saturated carbocycles. The van der Waals surface area contributed by atoms with Crippen molar-refractivity contribution < 1.29 is 33.1 Å². The fourth-order valence-electron chi connectivity index (χ4n) is 9.10. The van der Waals surface area contributed by atoms with Crippen molar-refractivity contribution in [2.45, 2.75) is 96.9 Å². The lowest BCUT2D eigenvalue weighted by molar-refractivity contribution is -0.207. The quantitative estimate of drug-likeness (QED) is 0.380. The molecule has 1 amide bonds. The molecule has 4 rings (SSSR count). The Balaban J connectivity index is 1.43. The molecular formula is C26H44NO7S-. The normalized spacial score (nSPS) is 46.3. The van der Waals surface area contributed by atoms with E-state index in [0.29, 0.717) is 18.8 Å². The van der Waals surface area contributed by atoms with Crippen LogP contribution in [0.1, 0.15) is 78.6 Å². The van der Waals surface area contributed by atoms with Gasteiger partial charge < -0.3 is 25.2 Å². The number of carbonyl (C=O) groups is 1. The third-order valence-electron chi connectivity index (χ3n) is 11.0. The van der Waals surface area contributed by atoms with Crippen LogP contribution in [-0.4, -0.2) is 64.8 Å². The Labute approximate surface area is 210 Å². The van der Waals surface area contributed by atoms with Gasteiger partial charge in [-0.2, -0.15) is 0 Å². The van der Waals surface area contributed by atoms with Gasteiger partial charge in [0.25, 0.3) is 0 Å². The first-order chi connectivity index (χ1) is 16.3. The highest BCUT2D eigenvalue weighted by molar-refractivity contribution is 7.85. The van der Waals surface area contributed by atoms with E-state index in [0.717, 1.165) is 38.5 Å². The number of amides is 1. The van der Waals surface area contributed by atoms with Gasteiger partial charge >= 0.3 is 0 Å². The smallest absolute Gasteiger partial charge is 0.220 e. The van der Waals surface area contributed by atoms with E-state index in [1.807, 2.05) is 0 Å². The number of nitrogens with one attached hydrogen (secondary N) is 1. The number of aliphatic hydroxyl groups is 3. The Bertz CT molecular complexity index is 896. The molecule has 0 radical (unpaired) electrons. The van der Waals surface area contributed by atoms with Crippen molar-refractivity contribution in [2.24, 2.45) is 46.3 Å². The van der Waals surface area contributed by atoms with E-state index in [9.17, 15) is 33.1 Å². The van der Waals surface area contributed by atoms with Crippen molar-refractivity contribution in [3.8, 4) is 0 Å². The summed E-state index contributed by atoms with van der Waals surface area (Å²) in [5, 5.41) is 35.7. The standard InChI is InChI=1S/C26H45NO7S/c1-15(4-7-23(31)27-10-11-35(32,33)34)18-5-6-19-24-20(14-22(30)26(18,19)3)25(2)9-8-17(28)12-16(25)13-21(24)29/h15-22,24,28-30H,4-14H2,1-3H3,(H,27,31)(H,32,33,34)/p-1/t15-,16-,17-,18-,19+,20+,21-,22+,24+,25+,26-/m1/s1. The van der Waals surface area contributed by atoms with E-state index >= 15 is 0 Å². The second-order valence-corrected chi connectivity index (χ2v) is 14.2. The van der Waals surface area contributed by atoms with Gasteiger partial charge in [-0.3, -0.25) is 4.79 Å². The van der Waals surface area contributed by atoms with Crippen LogP contribution in [0.2, 0.25) is 0 Å². The van der Waals surface area contributed by atoms with Crippen molar-refractivity contribution in [1.29, 1.82) is 0 Å². The fraction of sp³-hybridized carbons (Fsp3) is 0.962. The zero-order chi connectivity index (χ0) is 25.8. The van der Waals surface area contributed by atoms with Crippen LogP contribution in [0.5, 0.6) is 0 Å². The Hall–Kier alpha value is -0.740. The molecule has 35 heavy (non-hydrogen) atoms. The summed E-state index contributed by atoms with van der Waals surface area (Å²) in [6.45, 7) is 6.48. The molecule has 9 heteroatoms. The number of carbonyl (C=O) groups excluding carboxylic acids is 1. The van der Waals surface area contributed by atoms with Gasteiger partial charge in [-0.05, 0) is 97.7 Å². The number of hydrogen-bond donors (Lipinski definition) is 4. The molecule has 4 N–H and O–H groups in total. The van der Waals surface area contributed by atoms with E-state index in [1.54, 1.807) is 0 Å². The lowest BCUT2D eigenvalue weighted by atomic mass is 9.43. The Morgan fingerprint density at radius 3 is 2.49 bits per heavy atom. The lowest BCUT2D eigenvalue weighted by Gasteiger charge is -2.63. The molecule has 4 fully saturated rings. The molecular weight excluding hydrogens is 470 g/mol. The molecule has 0 spiro atoms. The average molecular weight is 515 g/mol. The van der Waals surface area contributed by atoms with Crippen LogP contribution >= 0.6 is 0 Å². The summed E-state index contributed by atoms with van der Waals surface area (Å²) >= 11 is 0. The maximum atomic E-state index is 12.2. The van der Waals surface area contributed by atoms with Crippen LogP contribution in [0.4, 0.5) is 0 Å². The van der Waals surface area contributed by atoms with Gasteiger partial charge in [0.15, 0.2) is 0 Å². The van der Waals surface area contributed by atoms with Gasteiger partial charge in [0.05, 0.1) is 34.2 Å². The molecule has 8 nitrogen and oxygen atoms in total. The number of aliphatic hydroxyl groups excluding tert-OH is 3. The molecule has 4 aliphatic rings. The molecule has 0 saturated heterocycles. The summed E-state index contributed by atoms with van der Waals surface area (Å²) in [4.78, 5) is 12.2. The summed E-state index contributed by atoms with van der Waals surface area (Å²) < 4.78 is 32.2. The van der Waals surface area contributed by atoms with Crippen molar-refractivity contribution in [3.63, 3.8) is 0 Å². The summed E-state index contributed by atoms with van der Waals surface area (Å²) in [5.41, 5.74) is -0.267. The van der Waals surface area contributed by atoms with Gasteiger partial charge in [-0.15, -0.1) is 0 Å². The van der Waals surface area contributed by atoms with Crippen molar-refractivity contribution in [1.82, 2.24) is 5.32 Å². The van der Waals surface area contributed by atoms with Crippen LogP contribution in [0.3, 0.4) is 0 Å². The van der Waals surface area contributed by atoms with Gasteiger partial charge in [-0.25, -0.2) is 8.42 Å². The highest BCUT2D eigenvalue weighted by Gasteiger charge is 2.65. The number of fused-ring (bicyclic) bond motifs is 5. The van der Waals surface area contributed by atoms with E-state index in [2.05, 4.69) is 26.1 Å². The van der Waals surface area contributed by atoms with Crippen molar-refractivity contribution in [3.05, 3.63) is 0 Å². The second-order valence-electron chi connectivity index (χ2n) is 12.7. The van der Waals surface area contributed by atoms with Crippen molar-refractivity contribution in [2.75, 3.05) is 12.3 Å². The summed E-state index contributed by atoms with van der Waals surface area (Å²) in [7, 11) is -4.35. The fourth-order valence-corrected chi connectivity index (χ4v) is 9.45. The Morgan fingerprint density at radius 1 is 1.09 bits per heavy atom. The highest BCUT2D eigenvalue weighted by atomic mass is 32.2. The minimum atomic E-state index is -4.35. The highest BCUT2D eigenvalue weighted by Crippen LogP contribution is 2.68. The molecule has 202 valence electrons. The van der Waals surface area contributed by atoms with Crippen LogP contribution in [0.25, 0.3) is 0 Å². The zero-order valence-corrected chi connectivity index (χ0v) is 22.2. The van der Waals surface area contributed by atoms with E-state index in [-0.39, 0.29) is 65.4 Å². The molecule has 4 aliphatic carbocycles. The average Bonchev–Trinajstić information content (AvgIpc) is 3.12. The zero-order valence-electron chi connectivity index (χ0n) is 21.4. The van der Waals surface area contributed by atoms with E-state index in [1.165, 1.54) is 0 Å². The molecule has 11 atom stereocenters. The molecule has 0 aromatic heterocycles. The molecule has 0 heterocycles. The number of rotatable bonds is 7. The van der Waals surface area contributed by atoms with E-state index in [4.69, 9.17) is 0 Å². The first-order valence-electron chi connectivity index (χ1n) is 13.5. The molecule has 0 aliphatic heterocycles. The minimum Gasteiger partial charge on any atom is -0.748 e. The topological polar surface area (TPSA) is 147 Å². The molecule has 0 unspecified atom stereocenters. The molecule has 0 aromatic carbocycles. The van der Waals surface area contributed by atoms with Gasteiger partial charge in [0.1, 0.15) is 0 Å². The first-order valence-corrected chi connectivity index (χ1v) is 15.1. The summed E-state index contributed by atoms with van der Waals surface area (Å²) in [5.74, 6) is 0.522. The van der Waals surface area contributed by atoms with Crippen LogP contribution in [-0.2, 0) is 14.9 Å². The summed E-state index contributed by atoms with van der Waals surface area (Å²) in [6.07, 6.45) is 5.58. The minimum absolute atomic E-state index is 0.0464. The number of hydrogen-bond acceptors (Lipinski definition) is 7. The first kappa shape index (κ1) is 27.3. The van der Waals surface area contributed by atoms with Crippen LogP contribution < -0.4 is 5.32 Å². The maximum Gasteiger partial charge on any atom is 0.220 e. The monoisotopic (exact) mass is 514 g/mol. The third kappa shape index (κ3) is 5.05. The van der Waals surface area contributed by atoms with Crippen LogP contribution in [0, 0.1) is 46.3 Å². The molecule has 0 bridgehead atoms. The third-order valence-corrected chi connectivity index (χ3v) is 11.7. The van der Waals surface area contributed by atoms with E-state index < -0.39 is 28.1 Å². The Morgan fingerprint density at radius 2 is 1.80 bits per heavy atom. The van der Waals surface area contributed by atoms with Crippen molar-refractivity contribution >= 4 is 16.0 Å². The lowest BCUT2D eigenvalue weighted by Crippen LogP contribution is -2.62. The summed E-state index contributed by atoms with van der Waals surface area (Å²) in [6, 6.07) is 0. The second kappa shape index (κ2) is 9.86. The molecule has 0 aromatic rings. The predicted octanol–water partition coefficient (Wildman–Crippen LogP) is 2.03. The SMILES string of the molecule is C[C@H](CCC(=O)NCCS(=O)(=O)[O-])[C@H]1CC[C@H]2[C@@H]3[C@H](O)C[C@H]4C[C@H](O)CC[C@]4(C)[C@H]3C[C@H](O)[C@]12C.